The SMILES string of the molecule is [CH2]CCCC=CCCCCC(C)CCCCCC[CH2]. The lowest BCUT2D eigenvalue weighted by atomic mass is 9.96. The summed E-state index contributed by atoms with van der Waals surface area (Å²) in [5.41, 5.74) is 0. The topological polar surface area (TPSA) is 0 Å². The van der Waals surface area contributed by atoms with Gasteiger partial charge in [0.25, 0.3) is 0 Å². The highest BCUT2D eigenvalue weighted by molar-refractivity contribution is 4.81. The average Bonchev–Trinajstić information content (AvgIpc) is 2.41. The molecule has 0 saturated carbocycles. The van der Waals surface area contributed by atoms with Gasteiger partial charge in [-0.05, 0) is 31.6 Å². The zero-order chi connectivity index (χ0) is 14.2. The number of rotatable bonds is 14. The predicted molar refractivity (Wildman–Crippen MR) is 89.0 cm³/mol. The smallest absolute Gasteiger partial charge is 0.0351 e. The highest BCUT2D eigenvalue weighted by Gasteiger charge is 2.01. The maximum Gasteiger partial charge on any atom is -0.0351 e. The van der Waals surface area contributed by atoms with Crippen molar-refractivity contribution >= 4 is 0 Å². The molecule has 0 aromatic heterocycles. The van der Waals surface area contributed by atoms with Crippen molar-refractivity contribution in [2.24, 2.45) is 5.92 Å². The fraction of sp³-hybridized carbons (Fsp3) is 0.789. The largest absolute Gasteiger partial charge is 0.0885 e. The van der Waals surface area contributed by atoms with Crippen LogP contribution in [0.2, 0.25) is 0 Å². The Hall–Kier alpha value is -0.260. The third-order valence-corrected chi connectivity index (χ3v) is 3.80. The first-order valence-corrected chi connectivity index (χ1v) is 8.54. The van der Waals surface area contributed by atoms with Crippen molar-refractivity contribution in [1.29, 1.82) is 0 Å². The minimum Gasteiger partial charge on any atom is -0.0885 e. The van der Waals surface area contributed by atoms with Gasteiger partial charge in [0.15, 0.2) is 0 Å². The monoisotopic (exact) mass is 264 g/mol. The molecule has 0 heterocycles. The van der Waals surface area contributed by atoms with Crippen LogP contribution in [0.15, 0.2) is 12.2 Å². The Kier molecular flexibility index (Phi) is 15.6. The van der Waals surface area contributed by atoms with Crippen LogP contribution < -0.4 is 0 Å². The molecular formula is C19H36. The van der Waals surface area contributed by atoms with Gasteiger partial charge in [0.2, 0.25) is 0 Å². The van der Waals surface area contributed by atoms with Crippen molar-refractivity contribution in [3.8, 4) is 0 Å². The Morgan fingerprint density at radius 3 is 1.84 bits per heavy atom. The zero-order valence-electron chi connectivity index (χ0n) is 13.3. The Labute approximate surface area is 123 Å². The van der Waals surface area contributed by atoms with Crippen LogP contribution >= 0.6 is 0 Å². The van der Waals surface area contributed by atoms with Crippen LogP contribution in [0.25, 0.3) is 0 Å². The molecule has 0 nitrogen and oxygen atoms in total. The van der Waals surface area contributed by atoms with Crippen LogP contribution in [0.1, 0.15) is 90.4 Å². The molecule has 19 heavy (non-hydrogen) atoms. The van der Waals surface area contributed by atoms with E-state index in [2.05, 4.69) is 32.9 Å². The van der Waals surface area contributed by atoms with Crippen molar-refractivity contribution in [3.63, 3.8) is 0 Å². The van der Waals surface area contributed by atoms with Gasteiger partial charge in [-0.2, -0.15) is 0 Å². The van der Waals surface area contributed by atoms with Crippen LogP contribution in [0.4, 0.5) is 0 Å². The summed E-state index contributed by atoms with van der Waals surface area (Å²) in [5.74, 6) is 0.926. The second kappa shape index (κ2) is 15.8. The average molecular weight is 264 g/mol. The van der Waals surface area contributed by atoms with Gasteiger partial charge in [-0.25, -0.2) is 0 Å². The quantitative estimate of drug-likeness (QED) is 0.236. The molecule has 112 valence electrons. The number of hydrogen-bond donors (Lipinski definition) is 0. The van der Waals surface area contributed by atoms with Gasteiger partial charge in [0.1, 0.15) is 0 Å². The molecule has 0 spiro atoms. The Morgan fingerprint density at radius 2 is 1.21 bits per heavy atom. The molecular weight excluding hydrogens is 228 g/mol. The molecule has 0 rings (SSSR count). The van der Waals surface area contributed by atoms with Crippen molar-refractivity contribution in [1.82, 2.24) is 0 Å². The van der Waals surface area contributed by atoms with E-state index in [0.717, 1.165) is 18.8 Å². The Morgan fingerprint density at radius 1 is 0.684 bits per heavy atom. The second-order valence-electron chi connectivity index (χ2n) is 5.91. The highest BCUT2D eigenvalue weighted by Crippen LogP contribution is 2.17. The van der Waals surface area contributed by atoms with Crippen LogP contribution in [0, 0.1) is 19.8 Å². The van der Waals surface area contributed by atoms with Crippen molar-refractivity contribution in [2.45, 2.75) is 90.4 Å². The fourth-order valence-corrected chi connectivity index (χ4v) is 2.42. The van der Waals surface area contributed by atoms with E-state index in [9.17, 15) is 0 Å². The number of hydrogen-bond acceptors (Lipinski definition) is 0. The van der Waals surface area contributed by atoms with E-state index < -0.39 is 0 Å². The van der Waals surface area contributed by atoms with E-state index in [0.29, 0.717) is 0 Å². The summed E-state index contributed by atoms with van der Waals surface area (Å²) in [7, 11) is 0. The molecule has 0 aromatic rings. The first kappa shape index (κ1) is 18.7. The molecule has 0 fully saturated rings. The van der Waals surface area contributed by atoms with Crippen LogP contribution in [0.3, 0.4) is 0 Å². The molecule has 0 aliphatic heterocycles. The molecule has 0 aromatic carbocycles. The summed E-state index contributed by atoms with van der Waals surface area (Å²) in [6, 6.07) is 0. The van der Waals surface area contributed by atoms with Gasteiger partial charge in [-0.3, -0.25) is 0 Å². The molecule has 2 radical (unpaired) electrons. The van der Waals surface area contributed by atoms with E-state index >= 15 is 0 Å². The summed E-state index contributed by atoms with van der Waals surface area (Å²) < 4.78 is 0. The van der Waals surface area contributed by atoms with Gasteiger partial charge < -0.3 is 0 Å². The fourth-order valence-electron chi connectivity index (χ4n) is 2.42. The molecule has 0 amide bonds. The third-order valence-electron chi connectivity index (χ3n) is 3.80. The van der Waals surface area contributed by atoms with E-state index in [1.54, 1.807) is 0 Å². The van der Waals surface area contributed by atoms with Crippen molar-refractivity contribution < 1.29 is 0 Å². The molecule has 0 heteroatoms. The lowest BCUT2D eigenvalue weighted by Crippen LogP contribution is -1.94. The molecule has 0 aliphatic rings. The molecule has 1 atom stereocenters. The van der Waals surface area contributed by atoms with Gasteiger partial charge in [-0.15, -0.1) is 0 Å². The second-order valence-corrected chi connectivity index (χ2v) is 5.91. The maximum absolute atomic E-state index is 3.89. The van der Waals surface area contributed by atoms with Gasteiger partial charge >= 0.3 is 0 Å². The molecule has 0 aliphatic carbocycles. The van der Waals surface area contributed by atoms with Crippen LogP contribution in [0.5, 0.6) is 0 Å². The maximum atomic E-state index is 3.89. The van der Waals surface area contributed by atoms with Crippen LogP contribution in [-0.4, -0.2) is 0 Å². The number of allylic oxidation sites excluding steroid dienone is 2. The standard InChI is InChI=1S/C19H36/c1-4-6-8-10-11-12-14-16-18-19(3)17-15-13-9-7-5-2/h10-11,19H,1-2,4-9,12-18H2,3H3. The van der Waals surface area contributed by atoms with E-state index in [-0.39, 0.29) is 0 Å². The van der Waals surface area contributed by atoms with Gasteiger partial charge in [-0.1, -0.05) is 90.7 Å². The van der Waals surface area contributed by atoms with E-state index in [1.807, 2.05) is 0 Å². The molecule has 0 bridgehead atoms. The normalized spacial score (nSPS) is 13.2. The summed E-state index contributed by atoms with van der Waals surface area (Å²) >= 11 is 0. The minimum absolute atomic E-state index is 0.926. The lowest BCUT2D eigenvalue weighted by Gasteiger charge is -2.10. The summed E-state index contributed by atoms with van der Waals surface area (Å²) in [4.78, 5) is 0. The van der Waals surface area contributed by atoms with Crippen molar-refractivity contribution in [3.05, 3.63) is 26.0 Å². The predicted octanol–water partition coefficient (Wildman–Crippen LogP) is 6.92. The van der Waals surface area contributed by atoms with E-state index in [4.69, 9.17) is 0 Å². The summed E-state index contributed by atoms with van der Waals surface area (Å²) in [6.45, 7) is 10.2. The molecule has 0 saturated heterocycles. The zero-order valence-corrected chi connectivity index (χ0v) is 13.3. The first-order chi connectivity index (χ1) is 9.31. The van der Waals surface area contributed by atoms with Gasteiger partial charge in [0, 0.05) is 0 Å². The van der Waals surface area contributed by atoms with Crippen LogP contribution in [-0.2, 0) is 0 Å². The molecule has 0 N–H and O–H groups in total. The van der Waals surface area contributed by atoms with E-state index in [1.165, 1.54) is 70.6 Å². The molecule has 1 unspecified atom stereocenters. The Bertz CT molecular complexity index is 180. The third kappa shape index (κ3) is 15.7. The number of unbranched alkanes of at least 4 members (excludes halogenated alkanes) is 8. The van der Waals surface area contributed by atoms with Gasteiger partial charge in [0.05, 0.1) is 0 Å². The minimum atomic E-state index is 0.926. The summed E-state index contributed by atoms with van der Waals surface area (Å²) in [6.07, 6.45) is 21.7. The van der Waals surface area contributed by atoms with Crippen molar-refractivity contribution in [2.75, 3.05) is 0 Å². The summed E-state index contributed by atoms with van der Waals surface area (Å²) in [5, 5.41) is 0. The Balaban J connectivity index is 3.19. The lowest BCUT2D eigenvalue weighted by molar-refractivity contribution is 0.440. The first-order valence-electron chi connectivity index (χ1n) is 8.54. The highest BCUT2D eigenvalue weighted by atomic mass is 14.1.